The summed E-state index contributed by atoms with van der Waals surface area (Å²) in [6.07, 6.45) is 0. The molecule has 0 fully saturated rings. The Morgan fingerprint density at radius 1 is 1.30 bits per heavy atom. The number of primary amides is 1. The molecule has 5 nitrogen and oxygen atoms in total. The lowest BCUT2D eigenvalue weighted by Gasteiger charge is -2.14. The summed E-state index contributed by atoms with van der Waals surface area (Å²) in [4.78, 5) is 11.4. The van der Waals surface area contributed by atoms with Crippen molar-refractivity contribution in [3.05, 3.63) is 47.0 Å². The highest BCUT2D eigenvalue weighted by Crippen LogP contribution is 2.33. The van der Waals surface area contributed by atoms with Gasteiger partial charge in [0.2, 0.25) is 0 Å². The molecule has 0 aromatic heterocycles. The Balaban J connectivity index is 2.47. The molecule has 0 heterocycles. The van der Waals surface area contributed by atoms with Gasteiger partial charge in [-0.15, -0.1) is 0 Å². The number of hydrogen-bond donors (Lipinski definition) is 3. The molecule has 0 atom stereocenters. The van der Waals surface area contributed by atoms with E-state index in [1.54, 1.807) is 43.5 Å². The maximum absolute atomic E-state index is 11.4. The van der Waals surface area contributed by atoms with E-state index >= 15 is 0 Å². The first-order chi connectivity index (χ1) is 9.52. The summed E-state index contributed by atoms with van der Waals surface area (Å²) in [5.41, 5.74) is 12.9. The third-order valence-corrected chi connectivity index (χ3v) is 3.12. The number of hydrogen-bond acceptors (Lipinski definition) is 4. The number of methoxy groups -OCH3 is 1. The summed E-state index contributed by atoms with van der Waals surface area (Å²) in [5.74, 6) is 0.0610. The number of anilines is 3. The smallest absolute Gasteiger partial charge is 0.250 e. The molecule has 0 spiro atoms. The van der Waals surface area contributed by atoms with Gasteiger partial charge in [-0.05, 0) is 24.3 Å². The predicted octanol–water partition coefficient (Wildman–Crippen LogP) is 2.77. The van der Waals surface area contributed by atoms with E-state index in [1.165, 1.54) is 0 Å². The summed E-state index contributed by atoms with van der Waals surface area (Å²) >= 11 is 6.11. The molecule has 0 saturated heterocycles. The van der Waals surface area contributed by atoms with Crippen LogP contribution in [0.5, 0.6) is 5.75 Å². The second kappa shape index (κ2) is 5.71. The van der Waals surface area contributed by atoms with Gasteiger partial charge in [0, 0.05) is 6.07 Å². The molecule has 0 bridgehead atoms. The van der Waals surface area contributed by atoms with Crippen LogP contribution in [0.15, 0.2) is 36.4 Å². The molecule has 104 valence electrons. The molecule has 0 aliphatic heterocycles. The van der Waals surface area contributed by atoms with Gasteiger partial charge in [0.25, 0.3) is 5.91 Å². The van der Waals surface area contributed by atoms with Gasteiger partial charge in [0.05, 0.1) is 34.8 Å². The van der Waals surface area contributed by atoms with Crippen LogP contribution in [0.2, 0.25) is 5.02 Å². The Morgan fingerprint density at radius 3 is 2.70 bits per heavy atom. The second-order valence-corrected chi connectivity index (χ2v) is 4.51. The fraction of sp³-hybridized carbons (Fsp3) is 0.0714. The standard InChI is InChI=1S/C14H14ClN3O2/c1-20-8-5-6-10(15)12(7-8)18-13-9(14(17)19)3-2-4-11(13)16/h2-7,18H,16H2,1H3,(H2,17,19). The highest BCUT2D eigenvalue weighted by molar-refractivity contribution is 6.33. The topological polar surface area (TPSA) is 90.4 Å². The molecule has 2 rings (SSSR count). The lowest BCUT2D eigenvalue weighted by atomic mass is 10.1. The van der Waals surface area contributed by atoms with E-state index in [2.05, 4.69) is 5.32 Å². The van der Waals surface area contributed by atoms with Crippen molar-refractivity contribution in [1.29, 1.82) is 0 Å². The van der Waals surface area contributed by atoms with Crippen molar-refractivity contribution in [3.63, 3.8) is 0 Å². The van der Waals surface area contributed by atoms with Crippen LogP contribution in [-0.4, -0.2) is 13.0 Å². The molecular formula is C14H14ClN3O2. The van der Waals surface area contributed by atoms with Crippen molar-refractivity contribution in [3.8, 4) is 5.75 Å². The number of halogens is 1. The van der Waals surface area contributed by atoms with Gasteiger partial charge >= 0.3 is 0 Å². The summed E-state index contributed by atoms with van der Waals surface area (Å²) < 4.78 is 5.13. The zero-order valence-corrected chi connectivity index (χ0v) is 11.6. The van der Waals surface area contributed by atoms with E-state index in [9.17, 15) is 4.79 Å². The Bertz CT molecular complexity index is 659. The second-order valence-electron chi connectivity index (χ2n) is 4.10. The molecule has 0 unspecified atom stereocenters. The summed E-state index contributed by atoms with van der Waals surface area (Å²) in [5, 5.41) is 3.50. The molecule has 2 aromatic carbocycles. The predicted molar refractivity (Wildman–Crippen MR) is 80.7 cm³/mol. The fourth-order valence-corrected chi connectivity index (χ4v) is 1.94. The largest absolute Gasteiger partial charge is 0.497 e. The van der Waals surface area contributed by atoms with Crippen molar-refractivity contribution in [2.45, 2.75) is 0 Å². The molecule has 6 heteroatoms. The van der Waals surface area contributed by atoms with E-state index in [1.807, 2.05) is 0 Å². The van der Waals surface area contributed by atoms with Gasteiger partial charge in [-0.2, -0.15) is 0 Å². The van der Waals surface area contributed by atoms with Crippen molar-refractivity contribution >= 4 is 34.6 Å². The quantitative estimate of drug-likeness (QED) is 0.756. The van der Waals surface area contributed by atoms with Crippen LogP contribution in [0, 0.1) is 0 Å². The number of carbonyl (C=O) groups excluding carboxylic acids is 1. The van der Waals surface area contributed by atoms with Crippen LogP contribution >= 0.6 is 11.6 Å². The highest BCUT2D eigenvalue weighted by Gasteiger charge is 2.13. The maximum Gasteiger partial charge on any atom is 0.250 e. The van der Waals surface area contributed by atoms with Crippen molar-refractivity contribution in [1.82, 2.24) is 0 Å². The number of amides is 1. The Labute approximate surface area is 121 Å². The number of nitrogens with two attached hydrogens (primary N) is 2. The average Bonchev–Trinajstić information content (AvgIpc) is 2.43. The van der Waals surface area contributed by atoms with E-state index in [0.717, 1.165) is 0 Å². The molecule has 0 aliphatic rings. The lowest BCUT2D eigenvalue weighted by molar-refractivity contribution is 0.100. The van der Waals surface area contributed by atoms with Crippen LogP contribution in [-0.2, 0) is 0 Å². The number of nitrogen functional groups attached to an aromatic ring is 1. The molecule has 2 aromatic rings. The number of para-hydroxylation sites is 1. The monoisotopic (exact) mass is 291 g/mol. The van der Waals surface area contributed by atoms with Gasteiger partial charge in [-0.25, -0.2) is 0 Å². The minimum atomic E-state index is -0.571. The fourth-order valence-electron chi connectivity index (χ4n) is 1.78. The van der Waals surface area contributed by atoms with Gasteiger partial charge in [0.1, 0.15) is 5.75 Å². The van der Waals surface area contributed by atoms with E-state index in [4.69, 9.17) is 27.8 Å². The van der Waals surface area contributed by atoms with Crippen molar-refractivity contribution in [2.24, 2.45) is 5.73 Å². The number of carbonyl (C=O) groups is 1. The van der Waals surface area contributed by atoms with Gasteiger partial charge in [0.15, 0.2) is 0 Å². The van der Waals surface area contributed by atoms with Crippen molar-refractivity contribution < 1.29 is 9.53 Å². The van der Waals surface area contributed by atoms with Crippen LogP contribution < -0.4 is 21.5 Å². The maximum atomic E-state index is 11.4. The van der Waals surface area contributed by atoms with Gasteiger partial charge in [-0.1, -0.05) is 17.7 Å². The molecule has 0 aliphatic carbocycles. The molecule has 0 radical (unpaired) electrons. The third-order valence-electron chi connectivity index (χ3n) is 2.80. The van der Waals surface area contributed by atoms with Crippen LogP contribution in [0.1, 0.15) is 10.4 Å². The van der Waals surface area contributed by atoms with E-state index < -0.39 is 5.91 Å². The molecule has 20 heavy (non-hydrogen) atoms. The van der Waals surface area contributed by atoms with Gasteiger partial charge in [-0.3, -0.25) is 4.79 Å². The van der Waals surface area contributed by atoms with Crippen LogP contribution in [0.4, 0.5) is 17.1 Å². The number of ether oxygens (including phenoxy) is 1. The van der Waals surface area contributed by atoms with Crippen molar-refractivity contribution in [2.75, 3.05) is 18.2 Å². The highest BCUT2D eigenvalue weighted by atomic mass is 35.5. The minimum Gasteiger partial charge on any atom is -0.497 e. The first-order valence-corrected chi connectivity index (χ1v) is 6.19. The number of rotatable bonds is 4. The molecule has 1 amide bonds. The number of benzene rings is 2. The average molecular weight is 292 g/mol. The van der Waals surface area contributed by atoms with Gasteiger partial charge < -0.3 is 21.5 Å². The SMILES string of the molecule is COc1ccc(Cl)c(Nc2c(N)cccc2C(N)=O)c1. The summed E-state index contributed by atoms with van der Waals surface area (Å²) in [7, 11) is 1.55. The normalized spacial score (nSPS) is 10.1. The lowest BCUT2D eigenvalue weighted by Crippen LogP contribution is -2.14. The summed E-state index contributed by atoms with van der Waals surface area (Å²) in [6.45, 7) is 0. The summed E-state index contributed by atoms with van der Waals surface area (Å²) in [6, 6.07) is 10.0. The van der Waals surface area contributed by atoms with E-state index in [-0.39, 0.29) is 0 Å². The van der Waals surface area contributed by atoms with E-state index in [0.29, 0.717) is 33.4 Å². The third kappa shape index (κ3) is 2.78. The zero-order chi connectivity index (χ0) is 14.7. The first kappa shape index (κ1) is 14.0. The Morgan fingerprint density at radius 2 is 2.05 bits per heavy atom. The minimum absolute atomic E-state index is 0.295. The van der Waals surface area contributed by atoms with Crippen LogP contribution in [0.3, 0.4) is 0 Å². The molecule has 0 saturated carbocycles. The Kier molecular flexibility index (Phi) is 4.00. The number of nitrogens with one attached hydrogen (secondary N) is 1. The van der Waals surface area contributed by atoms with Crippen LogP contribution in [0.25, 0.3) is 0 Å². The molecular weight excluding hydrogens is 278 g/mol. The Hall–Kier alpha value is -2.40. The zero-order valence-electron chi connectivity index (χ0n) is 10.8. The first-order valence-electron chi connectivity index (χ1n) is 5.81. The molecule has 5 N–H and O–H groups in total.